The smallest absolute Gasteiger partial charge is 0.228 e. The molecule has 0 N–H and O–H groups in total. The first-order valence-electron chi connectivity index (χ1n) is 3.44. The molecule has 0 bridgehead atoms. The topological polar surface area (TPSA) is 66.9 Å². The van der Waals surface area contributed by atoms with E-state index in [4.69, 9.17) is 5.26 Å². The molecule has 66 valence electrons. The number of hydrogen-bond acceptors (Lipinski definition) is 3. The zero-order valence-corrected chi connectivity index (χ0v) is 6.53. The van der Waals surface area contributed by atoms with E-state index in [1.165, 1.54) is 12.1 Å². The van der Waals surface area contributed by atoms with Crippen molar-refractivity contribution in [3.05, 3.63) is 45.3 Å². The van der Waals surface area contributed by atoms with Crippen molar-refractivity contribution in [2.24, 2.45) is 0 Å². The fraction of sp³-hybridized carbons (Fsp3) is 0.125. The first-order valence-corrected chi connectivity index (χ1v) is 3.44. The van der Waals surface area contributed by atoms with Crippen LogP contribution in [0.3, 0.4) is 0 Å². The molecule has 0 aliphatic heterocycles. The second-order valence-electron chi connectivity index (χ2n) is 2.42. The van der Waals surface area contributed by atoms with Gasteiger partial charge in [0.05, 0.1) is 5.56 Å². The molecule has 1 aromatic carbocycles. The number of rotatable bonds is 2. The van der Waals surface area contributed by atoms with E-state index < -0.39 is 17.3 Å². The first kappa shape index (κ1) is 9.13. The molecular weight excluding hydrogens is 175 g/mol. The Morgan fingerprint density at radius 3 is 2.85 bits per heavy atom. The van der Waals surface area contributed by atoms with Gasteiger partial charge in [-0.05, 0) is 18.2 Å². The van der Waals surface area contributed by atoms with E-state index in [0.717, 1.165) is 6.07 Å². The second-order valence-corrected chi connectivity index (χ2v) is 2.42. The van der Waals surface area contributed by atoms with Gasteiger partial charge in [0.2, 0.25) is 6.54 Å². The third-order valence-corrected chi connectivity index (χ3v) is 1.46. The Balaban J connectivity index is 3.01. The van der Waals surface area contributed by atoms with Crippen LogP contribution in [0.25, 0.3) is 0 Å². The van der Waals surface area contributed by atoms with Crippen molar-refractivity contribution in [1.82, 2.24) is 0 Å². The highest BCUT2D eigenvalue weighted by Crippen LogP contribution is 2.09. The summed E-state index contributed by atoms with van der Waals surface area (Å²) in [7, 11) is 0. The summed E-state index contributed by atoms with van der Waals surface area (Å²) in [6, 6.07) is 5.13. The molecule has 5 heteroatoms. The highest BCUT2D eigenvalue weighted by Gasteiger charge is 2.06. The Morgan fingerprint density at radius 1 is 1.62 bits per heavy atom. The third kappa shape index (κ3) is 2.24. The van der Waals surface area contributed by atoms with Crippen LogP contribution < -0.4 is 0 Å². The van der Waals surface area contributed by atoms with Gasteiger partial charge in [0.25, 0.3) is 0 Å². The number of nitrogens with zero attached hydrogens (tertiary/aromatic N) is 2. The molecule has 0 heterocycles. The van der Waals surface area contributed by atoms with Crippen LogP contribution in [-0.2, 0) is 6.54 Å². The Kier molecular flexibility index (Phi) is 2.55. The summed E-state index contributed by atoms with van der Waals surface area (Å²) in [6.45, 7) is -0.394. The van der Waals surface area contributed by atoms with Gasteiger partial charge in [0.15, 0.2) is 0 Å². The van der Waals surface area contributed by atoms with Crippen molar-refractivity contribution in [1.29, 1.82) is 5.26 Å². The van der Waals surface area contributed by atoms with Gasteiger partial charge in [0, 0.05) is 10.5 Å². The predicted octanol–water partition coefficient (Wildman–Crippen LogP) is 1.47. The fourth-order valence-electron chi connectivity index (χ4n) is 0.906. The standard InChI is InChI=1S/C8H5FN2O2/c9-8-2-1-6(5-11(12)13)3-7(8)4-10/h1-3H,5H2. The van der Waals surface area contributed by atoms with Gasteiger partial charge in [0.1, 0.15) is 11.9 Å². The lowest BCUT2D eigenvalue weighted by Crippen LogP contribution is -1.99. The van der Waals surface area contributed by atoms with Gasteiger partial charge in [-0.3, -0.25) is 10.1 Å². The molecule has 1 rings (SSSR count). The van der Waals surface area contributed by atoms with Crippen molar-refractivity contribution in [3.63, 3.8) is 0 Å². The lowest BCUT2D eigenvalue weighted by molar-refractivity contribution is -0.496. The summed E-state index contributed by atoms with van der Waals surface area (Å²) in [5.74, 6) is -0.658. The number of hydrogen-bond donors (Lipinski definition) is 0. The van der Waals surface area contributed by atoms with Crippen LogP contribution in [0.15, 0.2) is 18.2 Å². The van der Waals surface area contributed by atoms with Gasteiger partial charge in [-0.25, -0.2) is 4.39 Å². The lowest BCUT2D eigenvalue weighted by atomic mass is 10.1. The zero-order chi connectivity index (χ0) is 9.84. The monoisotopic (exact) mass is 180 g/mol. The van der Waals surface area contributed by atoms with E-state index in [1.54, 1.807) is 6.07 Å². The highest BCUT2D eigenvalue weighted by molar-refractivity contribution is 5.33. The van der Waals surface area contributed by atoms with Crippen molar-refractivity contribution in [3.8, 4) is 6.07 Å². The van der Waals surface area contributed by atoms with Crippen molar-refractivity contribution in [2.75, 3.05) is 0 Å². The van der Waals surface area contributed by atoms with Crippen LogP contribution in [0.2, 0.25) is 0 Å². The molecule has 0 amide bonds. The van der Waals surface area contributed by atoms with Gasteiger partial charge >= 0.3 is 0 Å². The number of benzene rings is 1. The largest absolute Gasteiger partial charge is 0.264 e. The summed E-state index contributed by atoms with van der Waals surface area (Å²) in [5.41, 5.74) is 0.155. The molecule has 0 radical (unpaired) electrons. The number of nitro groups is 1. The molecule has 0 fully saturated rings. The maximum Gasteiger partial charge on any atom is 0.228 e. The maximum atomic E-state index is 12.7. The van der Waals surface area contributed by atoms with E-state index in [0.29, 0.717) is 5.56 Å². The lowest BCUT2D eigenvalue weighted by Gasteiger charge is -1.96. The highest BCUT2D eigenvalue weighted by atomic mass is 19.1. The van der Waals surface area contributed by atoms with E-state index in [1.807, 2.05) is 0 Å². The average molecular weight is 180 g/mol. The molecule has 1 aromatic rings. The third-order valence-electron chi connectivity index (χ3n) is 1.46. The minimum atomic E-state index is -0.658. The van der Waals surface area contributed by atoms with Crippen LogP contribution in [0, 0.1) is 27.3 Å². The zero-order valence-electron chi connectivity index (χ0n) is 6.53. The van der Waals surface area contributed by atoms with Crippen molar-refractivity contribution in [2.45, 2.75) is 6.54 Å². The molecule has 0 unspecified atom stereocenters. The van der Waals surface area contributed by atoms with E-state index in [2.05, 4.69) is 0 Å². The Bertz CT molecular complexity index is 384. The van der Waals surface area contributed by atoms with E-state index in [9.17, 15) is 14.5 Å². The minimum Gasteiger partial charge on any atom is -0.264 e. The molecular formula is C8H5FN2O2. The molecule has 0 saturated heterocycles. The van der Waals surface area contributed by atoms with Crippen LogP contribution in [0.1, 0.15) is 11.1 Å². The molecule has 0 spiro atoms. The van der Waals surface area contributed by atoms with Gasteiger partial charge in [-0.2, -0.15) is 5.26 Å². The second kappa shape index (κ2) is 3.63. The Morgan fingerprint density at radius 2 is 2.31 bits per heavy atom. The quantitative estimate of drug-likeness (QED) is 0.511. The fourth-order valence-corrected chi connectivity index (χ4v) is 0.906. The molecule has 0 aliphatic carbocycles. The molecule has 0 atom stereocenters. The number of halogens is 1. The average Bonchev–Trinajstić information content (AvgIpc) is 2.07. The van der Waals surface area contributed by atoms with E-state index >= 15 is 0 Å². The number of nitriles is 1. The summed E-state index contributed by atoms with van der Waals surface area (Å²) in [5, 5.41) is 18.5. The summed E-state index contributed by atoms with van der Waals surface area (Å²) < 4.78 is 12.7. The van der Waals surface area contributed by atoms with Crippen LogP contribution >= 0.6 is 0 Å². The molecule has 0 aliphatic rings. The first-order chi connectivity index (χ1) is 6.13. The molecule has 4 nitrogen and oxygen atoms in total. The maximum absolute atomic E-state index is 12.7. The SMILES string of the molecule is N#Cc1cc(C[N+](=O)[O-])ccc1F. The van der Waals surface area contributed by atoms with Gasteiger partial charge in [-0.15, -0.1) is 0 Å². The molecule has 13 heavy (non-hydrogen) atoms. The normalized spacial score (nSPS) is 9.23. The minimum absolute atomic E-state index is 0.167. The van der Waals surface area contributed by atoms with Crippen molar-refractivity contribution >= 4 is 0 Å². The summed E-state index contributed by atoms with van der Waals surface area (Å²) in [4.78, 5) is 9.55. The molecule has 0 saturated carbocycles. The molecule has 0 aromatic heterocycles. The van der Waals surface area contributed by atoms with Gasteiger partial charge in [-0.1, -0.05) is 0 Å². The summed E-state index contributed by atoms with van der Waals surface area (Å²) >= 11 is 0. The van der Waals surface area contributed by atoms with Gasteiger partial charge < -0.3 is 0 Å². The predicted molar refractivity (Wildman–Crippen MR) is 41.8 cm³/mol. The Labute approximate surface area is 73.4 Å². The van der Waals surface area contributed by atoms with E-state index in [-0.39, 0.29) is 5.56 Å². The van der Waals surface area contributed by atoms with Crippen molar-refractivity contribution < 1.29 is 9.31 Å². The van der Waals surface area contributed by atoms with Crippen LogP contribution in [0.5, 0.6) is 0 Å². The summed E-state index contributed by atoms with van der Waals surface area (Å²) in [6.07, 6.45) is 0. The van der Waals surface area contributed by atoms with Crippen LogP contribution in [-0.4, -0.2) is 4.92 Å². The Hall–Kier alpha value is -1.96. The van der Waals surface area contributed by atoms with Crippen LogP contribution in [0.4, 0.5) is 4.39 Å².